The van der Waals surface area contributed by atoms with Crippen LogP contribution >= 0.6 is 11.8 Å². The largest absolute Gasteiger partial charge is 0.399 e. The van der Waals surface area contributed by atoms with E-state index in [9.17, 15) is 12.8 Å². The summed E-state index contributed by atoms with van der Waals surface area (Å²) in [5, 5.41) is 0. The molecular formula is C11H15FN2O2S2. The van der Waals surface area contributed by atoms with Crippen molar-refractivity contribution in [2.45, 2.75) is 23.8 Å². The van der Waals surface area contributed by atoms with Gasteiger partial charge in [-0.15, -0.1) is 0 Å². The number of nitrogens with one attached hydrogen (secondary N) is 1. The van der Waals surface area contributed by atoms with E-state index in [2.05, 4.69) is 4.72 Å². The van der Waals surface area contributed by atoms with Gasteiger partial charge in [0.15, 0.2) is 0 Å². The van der Waals surface area contributed by atoms with Gasteiger partial charge in [-0.3, -0.25) is 0 Å². The van der Waals surface area contributed by atoms with E-state index in [-0.39, 0.29) is 16.6 Å². The SMILES string of the molecule is Nc1ccc(S(=O)(=O)NC2CCCSC2)c(F)c1. The minimum absolute atomic E-state index is 0.120. The summed E-state index contributed by atoms with van der Waals surface area (Å²) in [5.41, 5.74) is 5.60. The zero-order valence-corrected chi connectivity index (χ0v) is 11.4. The van der Waals surface area contributed by atoms with Gasteiger partial charge in [0.2, 0.25) is 10.0 Å². The maximum Gasteiger partial charge on any atom is 0.243 e. The van der Waals surface area contributed by atoms with Gasteiger partial charge < -0.3 is 5.73 Å². The first kappa shape index (κ1) is 13.6. The molecule has 0 aromatic heterocycles. The van der Waals surface area contributed by atoms with Crippen LogP contribution in [-0.2, 0) is 10.0 Å². The molecule has 3 N–H and O–H groups in total. The quantitative estimate of drug-likeness (QED) is 0.829. The van der Waals surface area contributed by atoms with E-state index in [0.717, 1.165) is 30.4 Å². The normalized spacial score (nSPS) is 20.8. The molecule has 0 bridgehead atoms. The highest BCUT2D eigenvalue weighted by atomic mass is 32.2. The van der Waals surface area contributed by atoms with Gasteiger partial charge in [0, 0.05) is 17.5 Å². The highest BCUT2D eigenvalue weighted by molar-refractivity contribution is 7.99. The van der Waals surface area contributed by atoms with Gasteiger partial charge >= 0.3 is 0 Å². The van der Waals surface area contributed by atoms with Gasteiger partial charge in [-0.2, -0.15) is 11.8 Å². The predicted molar refractivity (Wildman–Crippen MR) is 71.5 cm³/mol. The first-order chi connectivity index (χ1) is 8.49. The molecule has 0 spiro atoms. The fraction of sp³-hybridized carbons (Fsp3) is 0.455. The van der Waals surface area contributed by atoms with E-state index in [1.54, 1.807) is 11.8 Å². The molecule has 1 saturated heterocycles. The van der Waals surface area contributed by atoms with Crippen LogP contribution in [-0.4, -0.2) is 26.0 Å². The van der Waals surface area contributed by atoms with Crippen molar-refractivity contribution in [3.8, 4) is 0 Å². The van der Waals surface area contributed by atoms with Crippen LogP contribution in [0.4, 0.5) is 10.1 Å². The van der Waals surface area contributed by atoms with Crippen LogP contribution in [0.3, 0.4) is 0 Å². The van der Waals surface area contributed by atoms with Crippen molar-refractivity contribution in [2.75, 3.05) is 17.2 Å². The average Bonchev–Trinajstić information content (AvgIpc) is 2.29. The first-order valence-electron chi connectivity index (χ1n) is 5.64. The number of rotatable bonds is 3. The van der Waals surface area contributed by atoms with Crippen LogP contribution < -0.4 is 10.5 Å². The van der Waals surface area contributed by atoms with Gasteiger partial charge in [0.05, 0.1) is 0 Å². The standard InChI is InChI=1S/C11H15FN2O2S2/c12-10-6-8(13)3-4-11(10)18(15,16)14-9-2-1-5-17-7-9/h3-4,6,9,14H,1-2,5,7,13H2. The molecule has 1 aromatic rings. The molecule has 1 unspecified atom stereocenters. The van der Waals surface area contributed by atoms with Crippen molar-refractivity contribution in [1.29, 1.82) is 0 Å². The number of nitrogen functional groups attached to an aromatic ring is 1. The van der Waals surface area contributed by atoms with E-state index < -0.39 is 15.8 Å². The summed E-state index contributed by atoms with van der Waals surface area (Å²) < 4.78 is 40.2. The zero-order chi connectivity index (χ0) is 13.2. The van der Waals surface area contributed by atoms with E-state index in [4.69, 9.17) is 5.73 Å². The average molecular weight is 290 g/mol. The summed E-state index contributed by atoms with van der Waals surface area (Å²) in [6.45, 7) is 0. The molecule has 2 rings (SSSR count). The molecule has 18 heavy (non-hydrogen) atoms. The number of hydrogen-bond donors (Lipinski definition) is 2. The lowest BCUT2D eigenvalue weighted by molar-refractivity contribution is 0.531. The van der Waals surface area contributed by atoms with Gasteiger partial charge in [0.1, 0.15) is 10.7 Å². The Labute approximate surface area is 110 Å². The highest BCUT2D eigenvalue weighted by Gasteiger charge is 2.24. The van der Waals surface area contributed by atoms with Crippen LogP contribution in [0.1, 0.15) is 12.8 Å². The Balaban J connectivity index is 2.19. The van der Waals surface area contributed by atoms with Gasteiger partial charge in [0.25, 0.3) is 0 Å². The Bertz CT molecular complexity index is 528. The number of nitrogens with two attached hydrogens (primary N) is 1. The molecule has 0 saturated carbocycles. The predicted octanol–water partition coefficient (Wildman–Crippen LogP) is 1.58. The lowest BCUT2D eigenvalue weighted by Gasteiger charge is -2.22. The van der Waals surface area contributed by atoms with Crippen molar-refractivity contribution in [3.05, 3.63) is 24.0 Å². The van der Waals surface area contributed by atoms with Crippen molar-refractivity contribution >= 4 is 27.5 Å². The highest BCUT2D eigenvalue weighted by Crippen LogP contribution is 2.21. The summed E-state index contributed by atoms with van der Waals surface area (Å²) in [6, 6.07) is 3.48. The third-order valence-electron chi connectivity index (χ3n) is 2.73. The molecule has 1 heterocycles. The van der Waals surface area contributed by atoms with E-state index in [1.807, 2.05) is 0 Å². The smallest absolute Gasteiger partial charge is 0.243 e. The second-order valence-electron chi connectivity index (χ2n) is 4.23. The number of halogens is 1. The second-order valence-corrected chi connectivity index (χ2v) is 7.06. The van der Waals surface area contributed by atoms with Crippen LogP contribution in [0.5, 0.6) is 0 Å². The second kappa shape index (κ2) is 5.46. The summed E-state index contributed by atoms with van der Waals surface area (Å²) in [6.07, 6.45) is 1.77. The molecule has 1 atom stereocenters. The molecule has 0 aliphatic carbocycles. The molecule has 0 radical (unpaired) electrons. The third-order valence-corrected chi connectivity index (χ3v) is 5.50. The van der Waals surface area contributed by atoms with Crippen molar-refractivity contribution in [2.24, 2.45) is 0 Å². The Morgan fingerprint density at radius 3 is 2.83 bits per heavy atom. The van der Waals surface area contributed by atoms with E-state index in [1.165, 1.54) is 12.1 Å². The lowest BCUT2D eigenvalue weighted by Crippen LogP contribution is -2.38. The summed E-state index contributed by atoms with van der Waals surface area (Å²) in [7, 11) is -3.80. The van der Waals surface area contributed by atoms with Crippen LogP contribution in [0.25, 0.3) is 0 Å². The lowest BCUT2D eigenvalue weighted by atomic mass is 10.2. The van der Waals surface area contributed by atoms with Crippen molar-refractivity contribution < 1.29 is 12.8 Å². The number of thioether (sulfide) groups is 1. The minimum Gasteiger partial charge on any atom is -0.399 e. The van der Waals surface area contributed by atoms with Crippen LogP contribution in [0, 0.1) is 5.82 Å². The van der Waals surface area contributed by atoms with Crippen molar-refractivity contribution in [1.82, 2.24) is 4.72 Å². The molecule has 0 amide bonds. The van der Waals surface area contributed by atoms with Gasteiger partial charge in [-0.05, 0) is 36.8 Å². The molecule has 1 aliphatic rings. The van der Waals surface area contributed by atoms with Crippen molar-refractivity contribution in [3.63, 3.8) is 0 Å². The number of benzene rings is 1. The monoisotopic (exact) mass is 290 g/mol. The van der Waals surface area contributed by atoms with E-state index >= 15 is 0 Å². The minimum atomic E-state index is -3.80. The third kappa shape index (κ3) is 3.15. The van der Waals surface area contributed by atoms with Gasteiger partial charge in [-0.25, -0.2) is 17.5 Å². The maximum absolute atomic E-state index is 13.6. The molecule has 100 valence electrons. The maximum atomic E-state index is 13.6. The van der Waals surface area contributed by atoms with E-state index in [0.29, 0.717) is 0 Å². The zero-order valence-electron chi connectivity index (χ0n) is 9.73. The Hall–Kier alpha value is -0.790. The Kier molecular flexibility index (Phi) is 4.14. The van der Waals surface area contributed by atoms with Gasteiger partial charge in [-0.1, -0.05) is 0 Å². The summed E-state index contributed by atoms with van der Waals surface area (Å²) >= 11 is 1.70. The molecular weight excluding hydrogens is 275 g/mol. The molecule has 1 aliphatic heterocycles. The molecule has 1 fully saturated rings. The fourth-order valence-electron chi connectivity index (χ4n) is 1.85. The molecule has 7 heteroatoms. The molecule has 4 nitrogen and oxygen atoms in total. The number of sulfonamides is 1. The summed E-state index contributed by atoms with van der Waals surface area (Å²) in [4.78, 5) is -0.340. The first-order valence-corrected chi connectivity index (χ1v) is 8.28. The summed E-state index contributed by atoms with van der Waals surface area (Å²) in [5.74, 6) is 0.968. The fourth-order valence-corrected chi connectivity index (χ4v) is 4.36. The molecule has 1 aromatic carbocycles. The Morgan fingerprint density at radius 2 is 2.22 bits per heavy atom. The Morgan fingerprint density at radius 1 is 1.44 bits per heavy atom. The van der Waals surface area contributed by atoms with Crippen LogP contribution in [0.15, 0.2) is 23.1 Å². The van der Waals surface area contributed by atoms with Crippen LogP contribution in [0.2, 0.25) is 0 Å². The topological polar surface area (TPSA) is 72.2 Å². The number of anilines is 1. The number of hydrogen-bond acceptors (Lipinski definition) is 4.